The Kier molecular flexibility index (Phi) is 6.10. The number of rotatable bonds is 5. The Morgan fingerprint density at radius 3 is 2.22 bits per heavy atom. The molecule has 4 rings (SSSR count). The van der Waals surface area contributed by atoms with Crippen LogP contribution in [-0.2, 0) is 9.59 Å². The van der Waals surface area contributed by atoms with E-state index in [-0.39, 0.29) is 24.1 Å². The zero-order chi connectivity index (χ0) is 22.8. The number of nitrogens with one attached hydrogen (secondary N) is 1. The zero-order valence-electron chi connectivity index (χ0n) is 17.6. The van der Waals surface area contributed by atoms with Crippen molar-refractivity contribution in [2.75, 3.05) is 10.2 Å². The average molecular weight is 449 g/mol. The molecular formula is C25H21FN2O3S. The third-order valence-corrected chi connectivity index (χ3v) is 6.46. The van der Waals surface area contributed by atoms with Crippen LogP contribution in [0.2, 0.25) is 0 Å². The SMILES string of the molecule is Cc1cccc(C)c1N1C(=O)CC(Sc2ccc(NC(=O)c3ccc(F)cc3)cc2)C1=O. The normalized spacial score (nSPS) is 15.8. The summed E-state index contributed by atoms with van der Waals surface area (Å²) in [7, 11) is 0. The van der Waals surface area contributed by atoms with Gasteiger partial charge in [-0.05, 0) is 73.5 Å². The second-order valence-electron chi connectivity index (χ2n) is 7.60. The Balaban J connectivity index is 1.43. The lowest BCUT2D eigenvalue weighted by Crippen LogP contribution is -2.32. The number of nitrogens with zero attached hydrogens (tertiary/aromatic N) is 1. The average Bonchev–Trinajstić information content (AvgIpc) is 3.03. The predicted molar refractivity (Wildman–Crippen MR) is 123 cm³/mol. The van der Waals surface area contributed by atoms with Crippen LogP contribution in [0.4, 0.5) is 15.8 Å². The van der Waals surface area contributed by atoms with Crippen molar-refractivity contribution in [3.05, 3.63) is 89.2 Å². The van der Waals surface area contributed by atoms with Gasteiger partial charge in [-0.25, -0.2) is 9.29 Å². The first-order valence-corrected chi connectivity index (χ1v) is 11.0. The number of carbonyl (C=O) groups is 3. The van der Waals surface area contributed by atoms with Crippen molar-refractivity contribution >= 4 is 40.9 Å². The Morgan fingerprint density at radius 2 is 1.59 bits per heavy atom. The highest BCUT2D eigenvalue weighted by Crippen LogP contribution is 2.36. The van der Waals surface area contributed by atoms with Gasteiger partial charge < -0.3 is 5.32 Å². The zero-order valence-corrected chi connectivity index (χ0v) is 18.4. The molecule has 0 radical (unpaired) electrons. The van der Waals surface area contributed by atoms with Crippen molar-refractivity contribution in [1.29, 1.82) is 0 Å². The fourth-order valence-corrected chi connectivity index (χ4v) is 4.73. The van der Waals surface area contributed by atoms with Crippen LogP contribution in [0.3, 0.4) is 0 Å². The summed E-state index contributed by atoms with van der Waals surface area (Å²) >= 11 is 1.33. The summed E-state index contributed by atoms with van der Waals surface area (Å²) in [5.74, 6) is -1.16. The maximum atomic E-state index is 13.0. The topological polar surface area (TPSA) is 66.5 Å². The Bertz CT molecular complexity index is 1170. The summed E-state index contributed by atoms with van der Waals surface area (Å²) in [6.45, 7) is 3.78. The van der Waals surface area contributed by atoms with Gasteiger partial charge in [-0.15, -0.1) is 11.8 Å². The van der Waals surface area contributed by atoms with E-state index in [0.29, 0.717) is 16.9 Å². The molecule has 0 saturated carbocycles. The van der Waals surface area contributed by atoms with Crippen LogP contribution in [0.15, 0.2) is 71.6 Å². The largest absolute Gasteiger partial charge is 0.322 e. The number of para-hydroxylation sites is 1. The molecule has 0 aromatic heterocycles. The minimum atomic E-state index is -0.499. The molecule has 0 bridgehead atoms. The maximum absolute atomic E-state index is 13.0. The lowest BCUT2D eigenvalue weighted by Gasteiger charge is -2.19. The standard InChI is InChI=1S/C25H21FN2O3S/c1-15-4-3-5-16(2)23(15)28-22(29)14-21(25(28)31)32-20-12-10-19(11-13-20)27-24(30)17-6-8-18(26)9-7-17/h3-13,21H,14H2,1-2H3,(H,27,30). The first kappa shape index (κ1) is 21.8. The van der Waals surface area contributed by atoms with Crippen molar-refractivity contribution in [3.8, 4) is 0 Å². The third kappa shape index (κ3) is 4.43. The minimum Gasteiger partial charge on any atom is -0.322 e. The number of carbonyl (C=O) groups excluding carboxylic acids is 3. The van der Waals surface area contributed by atoms with Crippen LogP contribution in [0.25, 0.3) is 0 Å². The lowest BCUT2D eigenvalue weighted by atomic mass is 10.1. The fourth-order valence-electron chi connectivity index (χ4n) is 3.68. The summed E-state index contributed by atoms with van der Waals surface area (Å²) in [5.41, 5.74) is 3.38. The van der Waals surface area contributed by atoms with Crippen LogP contribution in [0.1, 0.15) is 27.9 Å². The number of imide groups is 1. The van der Waals surface area contributed by atoms with E-state index >= 15 is 0 Å². The monoisotopic (exact) mass is 448 g/mol. The van der Waals surface area contributed by atoms with E-state index in [1.165, 1.54) is 40.9 Å². The molecule has 5 nitrogen and oxygen atoms in total. The van der Waals surface area contributed by atoms with Crippen LogP contribution in [0.5, 0.6) is 0 Å². The van der Waals surface area contributed by atoms with Gasteiger partial charge in [0.1, 0.15) is 5.82 Å². The Labute approximate surface area is 189 Å². The van der Waals surface area contributed by atoms with E-state index < -0.39 is 11.1 Å². The molecular weight excluding hydrogens is 427 g/mol. The summed E-state index contributed by atoms with van der Waals surface area (Å²) in [6.07, 6.45) is 0.139. The number of hydrogen-bond donors (Lipinski definition) is 1. The number of hydrogen-bond acceptors (Lipinski definition) is 4. The van der Waals surface area contributed by atoms with Crippen LogP contribution >= 0.6 is 11.8 Å². The number of anilines is 2. The van der Waals surface area contributed by atoms with Gasteiger partial charge in [-0.2, -0.15) is 0 Å². The Morgan fingerprint density at radius 1 is 0.969 bits per heavy atom. The highest BCUT2D eigenvalue weighted by Gasteiger charge is 2.41. The molecule has 1 saturated heterocycles. The molecule has 1 aliphatic heterocycles. The number of benzene rings is 3. The van der Waals surface area contributed by atoms with Crippen molar-refractivity contribution < 1.29 is 18.8 Å². The molecule has 3 aromatic rings. The number of halogens is 1. The van der Waals surface area contributed by atoms with Crippen LogP contribution in [0, 0.1) is 19.7 Å². The van der Waals surface area contributed by atoms with E-state index in [2.05, 4.69) is 5.32 Å². The van der Waals surface area contributed by atoms with Crippen LogP contribution in [-0.4, -0.2) is 23.0 Å². The van der Waals surface area contributed by atoms with E-state index in [1.807, 2.05) is 32.0 Å². The second kappa shape index (κ2) is 8.96. The fraction of sp³-hybridized carbons (Fsp3) is 0.160. The van der Waals surface area contributed by atoms with Gasteiger partial charge in [-0.1, -0.05) is 18.2 Å². The summed E-state index contributed by atoms with van der Waals surface area (Å²) in [5, 5.41) is 2.26. The van der Waals surface area contributed by atoms with Gasteiger partial charge in [0, 0.05) is 22.6 Å². The molecule has 1 fully saturated rings. The highest BCUT2D eigenvalue weighted by molar-refractivity contribution is 8.00. The number of aryl methyl sites for hydroxylation is 2. The first-order valence-electron chi connectivity index (χ1n) is 10.1. The molecule has 3 aromatic carbocycles. The first-order chi connectivity index (χ1) is 15.3. The molecule has 0 aliphatic carbocycles. The molecule has 7 heteroatoms. The number of thioether (sulfide) groups is 1. The van der Waals surface area contributed by atoms with Crippen molar-refractivity contribution in [2.24, 2.45) is 0 Å². The number of amides is 3. The van der Waals surface area contributed by atoms with Crippen LogP contribution < -0.4 is 10.2 Å². The third-order valence-electron chi connectivity index (χ3n) is 5.27. The van der Waals surface area contributed by atoms with Crippen molar-refractivity contribution in [3.63, 3.8) is 0 Å². The van der Waals surface area contributed by atoms with E-state index in [9.17, 15) is 18.8 Å². The minimum absolute atomic E-state index is 0.139. The molecule has 1 heterocycles. The van der Waals surface area contributed by atoms with E-state index in [1.54, 1.807) is 24.3 Å². The van der Waals surface area contributed by atoms with Gasteiger partial charge in [-0.3, -0.25) is 14.4 Å². The summed E-state index contributed by atoms with van der Waals surface area (Å²) < 4.78 is 13.0. The van der Waals surface area contributed by atoms with Gasteiger partial charge in [0.25, 0.3) is 5.91 Å². The summed E-state index contributed by atoms with van der Waals surface area (Å²) in [4.78, 5) is 40.1. The molecule has 1 unspecified atom stereocenters. The maximum Gasteiger partial charge on any atom is 0.255 e. The van der Waals surface area contributed by atoms with Crippen molar-refractivity contribution in [2.45, 2.75) is 30.4 Å². The molecule has 1 aliphatic rings. The van der Waals surface area contributed by atoms with Gasteiger partial charge in [0.2, 0.25) is 11.8 Å². The Hall–Kier alpha value is -3.45. The molecule has 3 amide bonds. The smallest absolute Gasteiger partial charge is 0.255 e. The molecule has 1 N–H and O–H groups in total. The second-order valence-corrected chi connectivity index (χ2v) is 8.88. The summed E-state index contributed by atoms with van der Waals surface area (Å²) in [6, 6.07) is 18.0. The van der Waals surface area contributed by atoms with Gasteiger partial charge >= 0.3 is 0 Å². The quantitative estimate of drug-likeness (QED) is 0.550. The molecule has 1 atom stereocenters. The predicted octanol–water partition coefficient (Wildman–Crippen LogP) is 5.12. The lowest BCUT2D eigenvalue weighted by molar-refractivity contribution is -0.121. The highest BCUT2D eigenvalue weighted by atomic mass is 32.2. The molecule has 0 spiro atoms. The molecule has 162 valence electrons. The van der Waals surface area contributed by atoms with Crippen molar-refractivity contribution in [1.82, 2.24) is 0 Å². The molecule has 32 heavy (non-hydrogen) atoms. The van der Waals surface area contributed by atoms with Gasteiger partial charge in [0.05, 0.1) is 10.9 Å². The van der Waals surface area contributed by atoms with Gasteiger partial charge in [0.15, 0.2) is 0 Å². The van der Waals surface area contributed by atoms with E-state index in [4.69, 9.17) is 0 Å². The van der Waals surface area contributed by atoms with E-state index in [0.717, 1.165) is 16.0 Å².